The van der Waals surface area contributed by atoms with E-state index in [-0.39, 0.29) is 0 Å². The van der Waals surface area contributed by atoms with Gasteiger partial charge in [-0.3, -0.25) is 0 Å². The lowest BCUT2D eigenvalue weighted by atomic mass is 10.2. The average molecular weight is 310 g/mol. The van der Waals surface area contributed by atoms with E-state index in [1.165, 1.54) is 0 Å². The summed E-state index contributed by atoms with van der Waals surface area (Å²) in [4.78, 5) is 0. The van der Waals surface area contributed by atoms with Gasteiger partial charge in [0.25, 0.3) is 0 Å². The quantitative estimate of drug-likeness (QED) is 0.603. The van der Waals surface area contributed by atoms with Gasteiger partial charge in [-0.1, -0.05) is 61.7 Å². The molecular weight excluding hydrogens is 288 g/mol. The van der Waals surface area contributed by atoms with Gasteiger partial charge in [0.05, 0.1) is 13.2 Å². The topological polar surface area (TPSA) is 27.7 Å². The van der Waals surface area contributed by atoms with Crippen LogP contribution in [-0.2, 0) is 18.0 Å². The number of rotatable bonds is 10. The summed E-state index contributed by atoms with van der Waals surface area (Å²) in [6, 6.07) is 15.7. The molecule has 0 radical (unpaired) electrons. The number of ether oxygens (including phenoxy) is 3. The summed E-state index contributed by atoms with van der Waals surface area (Å²) >= 11 is 0. The molecule has 0 aliphatic carbocycles. The molecule has 0 aliphatic heterocycles. The molecule has 2 aromatic carbocycles. The van der Waals surface area contributed by atoms with Crippen LogP contribution in [0.4, 0.5) is 0 Å². The second kappa shape index (κ2) is 9.49. The van der Waals surface area contributed by atoms with Crippen LogP contribution in [0.5, 0.6) is 11.5 Å². The molecule has 0 amide bonds. The molecule has 23 heavy (non-hydrogen) atoms. The van der Waals surface area contributed by atoms with E-state index in [1.807, 2.05) is 48.5 Å². The van der Waals surface area contributed by atoms with E-state index in [9.17, 15) is 0 Å². The molecule has 0 aliphatic rings. The zero-order valence-corrected chi connectivity index (χ0v) is 13.2. The van der Waals surface area contributed by atoms with Crippen molar-refractivity contribution in [3.05, 3.63) is 85.0 Å². The van der Waals surface area contributed by atoms with Crippen molar-refractivity contribution in [3.63, 3.8) is 0 Å². The van der Waals surface area contributed by atoms with Crippen LogP contribution in [0.25, 0.3) is 0 Å². The molecule has 120 valence electrons. The van der Waals surface area contributed by atoms with Crippen molar-refractivity contribution >= 4 is 0 Å². The number of para-hydroxylation sites is 2. The molecule has 0 atom stereocenters. The van der Waals surface area contributed by atoms with Crippen molar-refractivity contribution in [2.45, 2.75) is 13.2 Å². The smallest absolute Gasteiger partial charge is 0.125 e. The lowest BCUT2D eigenvalue weighted by molar-refractivity contribution is 0.103. The van der Waals surface area contributed by atoms with Crippen LogP contribution in [0, 0.1) is 0 Å². The Bertz CT molecular complexity index is 579. The Morgan fingerprint density at radius 1 is 0.696 bits per heavy atom. The number of hydrogen-bond donors (Lipinski definition) is 0. The lowest BCUT2D eigenvalue weighted by Crippen LogP contribution is -2.02. The minimum Gasteiger partial charge on any atom is -0.489 e. The normalized spacial score (nSPS) is 10.1. The first-order valence-electron chi connectivity index (χ1n) is 7.56. The van der Waals surface area contributed by atoms with Crippen molar-refractivity contribution in [3.8, 4) is 11.5 Å². The summed E-state index contributed by atoms with van der Waals surface area (Å²) in [6.45, 7) is 9.24. The zero-order chi connectivity index (χ0) is 16.3. The van der Waals surface area contributed by atoms with E-state index in [4.69, 9.17) is 14.2 Å². The van der Waals surface area contributed by atoms with Gasteiger partial charge in [-0.15, -0.1) is 0 Å². The van der Waals surface area contributed by atoms with Crippen LogP contribution in [-0.4, -0.2) is 13.2 Å². The van der Waals surface area contributed by atoms with Gasteiger partial charge in [-0.25, -0.2) is 0 Å². The van der Waals surface area contributed by atoms with Crippen LogP contribution in [0.3, 0.4) is 0 Å². The highest BCUT2D eigenvalue weighted by atomic mass is 16.5. The second-order valence-corrected chi connectivity index (χ2v) is 4.91. The van der Waals surface area contributed by atoms with Gasteiger partial charge in [0.1, 0.15) is 24.7 Å². The molecule has 3 nitrogen and oxygen atoms in total. The summed E-state index contributed by atoms with van der Waals surface area (Å²) in [5, 5.41) is 0. The second-order valence-electron chi connectivity index (χ2n) is 4.91. The summed E-state index contributed by atoms with van der Waals surface area (Å²) in [7, 11) is 0. The maximum absolute atomic E-state index is 5.84. The first-order valence-corrected chi connectivity index (χ1v) is 7.56. The van der Waals surface area contributed by atoms with E-state index in [0.29, 0.717) is 26.4 Å². The highest BCUT2D eigenvalue weighted by molar-refractivity contribution is 5.34. The standard InChI is InChI=1S/C20H22O3/c1-3-13-22-19-11-7-5-9-17(19)15-21-16-18-10-6-8-12-20(18)23-14-4-2/h3-12H,1-2,13-16H2. The Labute approximate surface area is 137 Å². The van der Waals surface area contributed by atoms with E-state index >= 15 is 0 Å². The van der Waals surface area contributed by atoms with Gasteiger partial charge in [0, 0.05) is 11.1 Å². The molecule has 0 saturated heterocycles. The Morgan fingerprint density at radius 3 is 1.57 bits per heavy atom. The van der Waals surface area contributed by atoms with Crippen molar-refractivity contribution < 1.29 is 14.2 Å². The van der Waals surface area contributed by atoms with Crippen molar-refractivity contribution in [2.24, 2.45) is 0 Å². The van der Waals surface area contributed by atoms with E-state index < -0.39 is 0 Å². The Hall–Kier alpha value is -2.52. The summed E-state index contributed by atoms with van der Waals surface area (Å²) in [6.07, 6.45) is 3.45. The highest BCUT2D eigenvalue weighted by Crippen LogP contribution is 2.22. The third-order valence-electron chi connectivity index (χ3n) is 3.17. The molecule has 0 unspecified atom stereocenters. The third-order valence-corrected chi connectivity index (χ3v) is 3.17. The molecule has 2 rings (SSSR count). The number of benzene rings is 2. The minimum atomic E-state index is 0.475. The SMILES string of the molecule is C=CCOc1ccccc1COCc1ccccc1OCC=C. The molecule has 2 aromatic rings. The van der Waals surface area contributed by atoms with Crippen LogP contribution in [0.15, 0.2) is 73.8 Å². The maximum Gasteiger partial charge on any atom is 0.125 e. The van der Waals surface area contributed by atoms with Crippen molar-refractivity contribution in [1.29, 1.82) is 0 Å². The molecule has 0 spiro atoms. The van der Waals surface area contributed by atoms with Crippen LogP contribution in [0.1, 0.15) is 11.1 Å². The Balaban J connectivity index is 1.95. The van der Waals surface area contributed by atoms with Gasteiger partial charge < -0.3 is 14.2 Å². The molecule has 0 aromatic heterocycles. The fraction of sp³-hybridized carbons (Fsp3) is 0.200. The Kier molecular flexibility index (Phi) is 6.95. The van der Waals surface area contributed by atoms with E-state index in [1.54, 1.807) is 12.2 Å². The summed E-state index contributed by atoms with van der Waals surface area (Å²) in [5.41, 5.74) is 2.03. The van der Waals surface area contributed by atoms with Crippen molar-refractivity contribution in [2.75, 3.05) is 13.2 Å². The molecule has 0 bridgehead atoms. The molecule has 0 fully saturated rings. The van der Waals surface area contributed by atoms with Crippen LogP contribution < -0.4 is 9.47 Å². The molecule has 0 saturated carbocycles. The monoisotopic (exact) mass is 310 g/mol. The minimum absolute atomic E-state index is 0.475. The predicted octanol–water partition coefficient (Wildman–Crippen LogP) is 4.53. The molecule has 0 heterocycles. The summed E-state index contributed by atoms with van der Waals surface area (Å²) < 4.78 is 17.1. The van der Waals surface area contributed by atoms with E-state index in [2.05, 4.69) is 13.2 Å². The fourth-order valence-corrected chi connectivity index (χ4v) is 2.10. The van der Waals surface area contributed by atoms with Crippen molar-refractivity contribution in [1.82, 2.24) is 0 Å². The van der Waals surface area contributed by atoms with Gasteiger partial charge in [0.2, 0.25) is 0 Å². The first kappa shape index (κ1) is 16.8. The molecular formula is C20H22O3. The van der Waals surface area contributed by atoms with Gasteiger partial charge in [0.15, 0.2) is 0 Å². The van der Waals surface area contributed by atoms with Gasteiger partial charge >= 0.3 is 0 Å². The van der Waals surface area contributed by atoms with Gasteiger partial charge in [-0.05, 0) is 12.1 Å². The zero-order valence-electron chi connectivity index (χ0n) is 13.2. The third kappa shape index (κ3) is 5.31. The highest BCUT2D eigenvalue weighted by Gasteiger charge is 2.05. The van der Waals surface area contributed by atoms with Gasteiger partial charge in [-0.2, -0.15) is 0 Å². The van der Waals surface area contributed by atoms with Crippen LogP contribution >= 0.6 is 0 Å². The average Bonchev–Trinajstić information content (AvgIpc) is 2.60. The first-order chi connectivity index (χ1) is 11.3. The largest absolute Gasteiger partial charge is 0.489 e. The molecule has 0 N–H and O–H groups in total. The fourth-order valence-electron chi connectivity index (χ4n) is 2.10. The maximum atomic E-state index is 5.84. The summed E-state index contributed by atoms with van der Waals surface area (Å²) in [5.74, 6) is 1.65. The van der Waals surface area contributed by atoms with Crippen LogP contribution in [0.2, 0.25) is 0 Å². The number of hydrogen-bond acceptors (Lipinski definition) is 3. The lowest BCUT2D eigenvalue weighted by Gasteiger charge is -2.12. The van der Waals surface area contributed by atoms with E-state index in [0.717, 1.165) is 22.6 Å². The predicted molar refractivity (Wildman–Crippen MR) is 92.8 cm³/mol. The Morgan fingerprint density at radius 2 is 1.13 bits per heavy atom. The molecule has 3 heteroatoms.